The van der Waals surface area contributed by atoms with Gasteiger partial charge in [-0.2, -0.15) is 0 Å². The normalized spacial score (nSPS) is 11.2. The number of rotatable bonds is 12. The molecule has 0 radical (unpaired) electrons. The molecular formula is C28H41Cl8NiPS4. The first kappa shape index (κ1) is 47.2. The van der Waals surface area contributed by atoms with Gasteiger partial charge in [0.2, 0.25) is 0 Å². The third-order valence-electron chi connectivity index (χ3n) is 6.68. The topological polar surface area (TPSA) is 0 Å². The first-order valence-electron chi connectivity index (χ1n) is 13.6. The summed E-state index contributed by atoms with van der Waals surface area (Å²) in [6.45, 7) is 9.44. The summed E-state index contributed by atoms with van der Waals surface area (Å²) in [5.74, 6) is 0. The molecule has 0 aliphatic carbocycles. The average Bonchev–Trinajstić information content (AvgIpc) is 2.98. The van der Waals surface area contributed by atoms with Crippen molar-refractivity contribution < 1.29 is 16.5 Å². The van der Waals surface area contributed by atoms with Crippen molar-refractivity contribution in [2.45, 2.75) is 98.6 Å². The molecular weight excluding hydrogens is 838 g/mol. The minimum atomic E-state index is -0.879. The number of hydrogen-bond donors (Lipinski definition) is 4. The second kappa shape index (κ2) is 25.1. The van der Waals surface area contributed by atoms with E-state index in [2.05, 4.69) is 78.2 Å². The smallest absolute Gasteiger partial charge is 0.0805 e. The van der Waals surface area contributed by atoms with Gasteiger partial charge in [0.05, 0.1) is 40.2 Å². The van der Waals surface area contributed by atoms with Gasteiger partial charge in [-0.1, -0.05) is 92.8 Å². The van der Waals surface area contributed by atoms with Crippen LogP contribution in [0.3, 0.4) is 0 Å². The van der Waals surface area contributed by atoms with E-state index in [0.717, 1.165) is 0 Å². The number of unbranched alkanes of at least 4 members (excludes halogenated alkanes) is 4. The van der Waals surface area contributed by atoms with E-state index < -0.39 is 7.26 Å². The quantitative estimate of drug-likeness (QED) is 0.0527. The maximum absolute atomic E-state index is 5.76. The molecule has 0 amide bonds. The summed E-state index contributed by atoms with van der Waals surface area (Å²) in [4.78, 5) is 1.72. The van der Waals surface area contributed by atoms with Crippen LogP contribution in [0, 0.1) is 0 Å². The molecule has 0 unspecified atom stereocenters. The molecule has 0 aromatic heterocycles. The van der Waals surface area contributed by atoms with Gasteiger partial charge in [0.25, 0.3) is 0 Å². The van der Waals surface area contributed by atoms with Crippen molar-refractivity contribution in [1.29, 1.82) is 0 Å². The van der Waals surface area contributed by atoms with Crippen molar-refractivity contribution in [2.24, 2.45) is 0 Å². The first-order chi connectivity index (χ1) is 19.2. The van der Waals surface area contributed by atoms with E-state index in [0.29, 0.717) is 19.6 Å². The van der Waals surface area contributed by atoms with Gasteiger partial charge in [-0.15, -0.1) is 50.5 Å². The van der Waals surface area contributed by atoms with Gasteiger partial charge in [-0.25, -0.2) is 0 Å². The zero-order valence-corrected chi connectivity index (χ0v) is 35.7. The zero-order chi connectivity index (χ0) is 31.9. The first-order valence-corrected chi connectivity index (χ1v) is 21.3. The van der Waals surface area contributed by atoms with E-state index in [1.807, 2.05) is 0 Å². The van der Waals surface area contributed by atoms with Gasteiger partial charge < -0.3 is 0 Å². The molecule has 14 heteroatoms. The number of halogens is 8. The van der Waals surface area contributed by atoms with Crippen LogP contribution in [0.1, 0.15) is 79.1 Å². The molecule has 2 rings (SSSR count). The number of benzene rings is 2. The Kier molecular flexibility index (Phi) is 28.2. The molecule has 248 valence electrons. The summed E-state index contributed by atoms with van der Waals surface area (Å²) in [5.41, 5.74) is 0. The average molecular weight is 879 g/mol. The van der Waals surface area contributed by atoms with Crippen molar-refractivity contribution in [3.05, 3.63) is 40.2 Å². The fraction of sp³-hybridized carbons (Fsp3) is 0.571. The van der Waals surface area contributed by atoms with Crippen molar-refractivity contribution in [3.8, 4) is 0 Å². The zero-order valence-electron chi connectivity index (χ0n) is 24.1. The molecule has 0 spiro atoms. The summed E-state index contributed by atoms with van der Waals surface area (Å²) in [7, 11) is -0.879. The largest absolute Gasteiger partial charge is 0.141 e. The van der Waals surface area contributed by atoms with Gasteiger partial charge in [0, 0.05) is 36.1 Å². The Bertz CT molecular complexity index is 794. The van der Waals surface area contributed by atoms with Gasteiger partial charge in [-0.05, 0) is 0 Å². The van der Waals surface area contributed by atoms with Crippen LogP contribution in [-0.2, 0) is 16.5 Å². The standard InChI is InChI=1S/C16H37P.2C6H2Cl4S2.Ni/c1-5-9-13-17(14-10-6-2,15-11-7-3)16-12-8-4;2*7-1-2(8)4(10)6(12)5(11)3(1)9;/h17H,5-16H2,1-4H3;2*11-12H;. The van der Waals surface area contributed by atoms with Crippen molar-refractivity contribution >= 4 is 151 Å². The van der Waals surface area contributed by atoms with E-state index in [1.165, 1.54) is 51.4 Å². The van der Waals surface area contributed by atoms with Crippen LogP contribution in [0.5, 0.6) is 0 Å². The van der Waals surface area contributed by atoms with E-state index >= 15 is 0 Å². The second-order valence-electron chi connectivity index (χ2n) is 9.82. The third-order valence-corrected chi connectivity index (χ3v) is 18.6. The van der Waals surface area contributed by atoms with Gasteiger partial charge in [-0.3, -0.25) is 0 Å². The fourth-order valence-corrected chi connectivity index (χ4v) is 13.2. The molecule has 0 bridgehead atoms. The minimum Gasteiger partial charge on any atom is -0.141 e. The van der Waals surface area contributed by atoms with Crippen molar-refractivity contribution in [2.75, 3.05) is 24.6 Å². The fourth-order valence-electron chi connectivity index (χ4n) is 4.17. The molecule has 0 atom stereocenters. The molecule has 42 heavy (non-hydrogen) atoms. The van der Waals surface area contributed by atoms with Crippen molar-refractivity contribution in [3.63, 3.8) is 0 Å². The number of hydrogen-bond acceptors (Lipinski definition) is 4. The Morgan fingerprint density at radius 2 is 0.548 bits per heavy atom. The van der Waals surface area contributed by atoms with Crippen LogP contribution < -0.4 is 0 Å². The van der Waals surface area contributed by atoms with Crippen LogP contribution in [0.25, 0.3) is 0 Å². The predicted octanol–water partition coefficient (Wildman–Crippen LogP) is 15.7. The van der Waals surface area contributed by atoms with Crippen LogP contribution in [0.2, 0.25) is 40.2 Å². The molecule has 2 aromatic carbocycles. The maximum Gasteiger partial charge on any atom is 0.0805 e. The Balaban J connectivity index is 0. The minimum absolute atomic E-state index is 0. The Morgan fingerprint density at radius 3 is 0.690 bits per heavy atom. The SMILES string of the molecule is CCCC[PH](CCCC)(CCCC)CCCC.Sc1c(S)c(Cl)c(Cl)c(Cl)c1Cl.Sc1c(S)c(Cl)c(Cl)c(Cl)c1Cl.[Ni]. The van der Waals surface area contributed by atoms with Crippen LogP contribution in [0.15, 0.2) is 19.6 Å². The van der Waals surface area contributed by atoms with Crippen LogP contribution >= 0.6 is 151 Å². The van der Waals surface area contributed by atoms with E-state index in [1.54, 1.807) is 24.6 Å². The second-order valence-corrected chi connectivity index (χ2v) is 19.6. The monoisotopic (exact) mass is 874 g/mol. The molecule has 0 saturated heterocycles. The molecule has 2 aromatic rings. The van der Waals surface area contributed by atoms with E-state index in [4.69, 9.17) is 92.8 Å². The molecule has 0 N–H and O–H groups in total. The summed E-state index contributed by atoms with van der Waals surface area (Å²) in [6, 6.07) is 0. The van der Waals surface area contributed by atoms with Crippen LogP contribution in [-0.4, -0.2) is 24.6 Å². The maximum atomic E-state index is 5.76. The van der Waals surface area contributed by atoms with Gasteiger partial charge in [0.1, 0.15) is 0 Å². The summed E-state index contributed by atoms with van der Waals surface area (Å²) < 4.78 is 0. The van der Waals surface area contributed by atoms with E-state index in [-0.39, 0.29) is 56.7 Å². The Hall–Kier alpha value is 3.08. The Morgan fingerprint density at radius 1 is 0.381 bits per heavy atom. The predicted molar refractivity (Wildman–Crippen MR) is 209 cm³/mol. The summed E-state index contributed by atoms with van der Waals surface area (Å²) in [6.07, 6.45) is 18.1. The summed E-state index contributed by atoms with van der Waals surface area (Å²) >= 11 is 62.2. The molecule has 0 saturated carbocycles. The number of thiol groups is 4. The van der Waals surface area contributed by atoms with Crippen molar-refractivity contribution in [1.82, 2.24) is 0 Å². The molecule has 0 fully saturated rings. The molecule has 0 aliphatic rings. The van der Waals surface area contributed by atoms with E-state index in [9.17, 15) is 0 Å². The molecule has 0 nitrogen and oxygen atoms in total. The Labute approximate surface area is 327 Å². The van der Waals surface area contributed by atoms with Gasteiger partial charge >= 0.3 is 111 Å². The third kappa shape index (κ3) is 15.1. The van der Waals surface area contributed by atoms with Crippen LogP contribution in [0.4, 0.5) is 0 Å². The molecule has 0 heterocycles. The molecule has 0 aliphatic heterocycles. The van der Waals surface area contributed by atoms with Gasteiger partial charge in [0.15, 0.2) is 0 Å². The summed E-state index contributed by atoms with van der Waals surface area (Å²) in [5, 5.41) is 1.85.